The Morgan fingerprint density at radius 2 is 1.82 bits per heavy atom. The molecule has 22 heavy (non-hydrogen) atoms. The highest BCUT2D eigenvalue weighted by molar-refractivity contribution is 7.11. The quantitative estimate of drug-likeness (QED) is 0.874. The van der Waals surface area contributed by atoms with E-state index < -0.39 is 0 Å². The summed E-state index contributed by atoms with van der Waals surface area (Å²) in [5.74, 6) is 0.0845. The number of nitrogens with zero attached hydrogens (tertiary/aromatic N) is 3. The Labute approximate surface area is 135 Å². The molecular formula is C17H21N3OS. The van der Waals surface area contributed by atoms with Crippen molar-refractivity contribution in [3.63, 3.8) is 0 Å². The molecule has 1 saturated heterocycles. The fourth-order valence-electron chi connectivity index (χ4n) is 2.83. The average molecular weight is 315 g/mol. The lowest BCUT2D eigenvalue weighted by Crippen LogP contribution is -2.48. The minimum Gasteiger partial charge on any atom is -0.335 e. The number of rotatable bonds is 3. The van der Waals surface area contributed by atoms with Gasteiger partial charge in [-0.1, -0.05) is 30.3 Å². The first-order valence-corrected chi connectivity index (χ1v) is 8.45. The van der Waals surface area contributed by atoms with Crippen LogP contribution in [0.3, 0.4) is 0 Å². The number of amides is 1. The number of hydrogen-bond donors (Lipinski definition) is 0. The number of carbonyl (C=O) groups excluding carboxylic acids is 1. The lowest BCUT2D eigenvalue weighted by atomic mass is 10.2. The number of hydrogen-bond acceptors (Lipinski definition) is 4. The van der Waals surface area contributed by atoms with E-state index >= 15 is 0 Å². The van der Waals surface area contributed by atoms with Gasteiger partial charge in [0.05, 0.1) is 5.01 Å². The van der Waals surface area contributed by atoms with Crippen molar-refractivity contribution in [3.8, 4) is 0 Å². The van der Waals surface area contributed by atoms with Crippen LogP contribution < -0.4 is 0 Å². The first-order valence-electron chi connectivity index (χ1n) is 7.63. The van der Waals surface area contributed by atoms with Crippen LogP contribution >= 0.6 is 11.3 Å². The lowest BCUT2D eigenvalue weighted by molar-refractivity contribution is 0.0622. The molecule has 0 bridgehead atoms. The van der Waals surface area contributed by atoms with Crippen molar-refractivity contribution in [2.75, 3.05) is 26.2 Å². The van der Waals surface area contributed by atoms with Gasteiger partial charge in [-0.2, -0.15) is 0 Å². The first kappa shape index (κ1) is 15.2. The largest absolute Gasteiger partial charge is 0.335 e. The van der Waals surface area contributed by atoms with Gasteiger partial charge in [0.25, 0.3) is 5.91 Å². The summed E-state index contributed by atoms with van der Waals surface area (Å²) in [6, 6.07) is 10.5. The summed E-state index contributed by atoms with van der Waals surface area (Å²) in [5.41, 5.74) is 1.97. The van der Waals surface area contributed by atoms with E-state index in [0.717, 1.165) is 42.6 Å². The number of aromatic nitrogens is 1. The SMILES string of the molecule is Cc1nc(C(=O)N2CCN(Cc3ccccc3)CC2)c(C)s1. The minimum atomic E-state index is 0.0845. The molecule has 1 fully saturated rings. The summed E-state index contributed by atoms with van der Waals surface area (Å²) in [5, 5.41) is 0.962. The molecule has 3 rings (SSSR count). The van der Waals surface area contributed by atoms with Gasteiger partial charge in [0.2, 0.25) is 0 Å². The van der Waals surface area contributed by atoms with Crippen LogP contribution in [0, 0.1) is 13.8 Å². The third kappa shape index (κ3) is 3.36. The van der Waals surface area contributed by atoms with Gasteiger partial charge in [-0.05, 0) is 19.4 Å². The summed E-state index contributed by atoms with van der Waals surface area (Å²) in [6.45, 7) is 8.28. The Bertz CT molecular complexity index is 645. The molecule has 5 heteroatoms. The predicted molar refractivity (Wildman–Crippen MR) is 89.2 cm³/mol. The molecule has 0 spiro atoms. The minimum absolute atomic E-state index is 0.0845. The molecule has 0 radical (unpaired) electrons. The van der Waals surface area contributed by atoms with Gasteiger partial charge in [0.15, 0.2) is 0 Å². The summed E-state index contributed by atoms with van der Waals surface area (Å²) >= 11 is 1.59. The summed E-state index contributed by atoms with van der Waals surface area (Å²) in [6.07, 6.45) is 0. The lowest BCUT2D eigenvalue weighted by Gasteiger charge is -2.34. The molecule has 2 aromatic rings. The maximum Gasteiger partial charge on any atom is 0.273 e. The first-order chi connectivity index (χ1) is 10.6. The van der Waals surface area contributed by atoms with Crippen LogP contribution in [0.15, 0.2) is 30.3 Å². The summed E-state index contributed by atoms with van der Waals surface area (Å²) in [7, 11) is 0. The molecule has 0 N–H and O–H groups in total. The van der Waals surface area contributed by atoms with Gasteiger partial charge in [0.1, 0.15) is 5.69 Å². The molecule has 0 atom stereocenters. The second kappa shape index (κ2) is 6.58. The maximum absolute atomic E-state index is 12.6. The monoisotopic (exact) mass is 315 g/mol. The number of carbonyl (C=O) groups is 1. The van der Waals surface area contributed by atoms with E-state index in [2.05, 4.69) is 34.1 Å². The van der Waals surface area contributed by atoms with E-state index in [-0.39, 0.29) is 5.91 Å². The van der Waals surface area contributed by atoms with Crippen LogP contribution in [0.2, 0.25) is 0 Å². The van der Waals surface area contributed by atoms with Crippen LogP contribution in [-0.2, 0) is 6.54 Å². The Morgan fingerprint density at radius 1 is 1.14 bits per heavy atom. The van der Waals surface area contributed by atoms with Crippen LogP contribution in [0.5, 0.6) is 0 Å². The second-order valence-corrected chi connectivity index (χ2v) is 7.10. The maximum atomic E-state index is 12.6. The van der Waals surface area contributed by atoms with E-state index in [1.165, 1.54) is 5.56 Å². The Morgan fingerprint density at radius 3 is 2.41 bits per heavy atom. The normalized spacial score (nSPS) is 16.0. The van der Waals surface area contributed by atoms with E-state index in [1.54, 1.807) is 11.3 Å². The Hall–Kier alpha value is -1.72. The highest BCUT2D eigenvalue weighted by Gasteiger charge is 2.25. The Kier molecular flexibility index (Phi) is 4.55. The van der Waals surface area contributed by atoms with Crippen LogP contribution in [0.4, 0.5) is 0 Å². The fraction of sp³-hybridized carbons (Fsp3) is 0.412. The predicted octanol–water partition coefficient (Wildman–Crippen LogP) is 2.72. The van der Waals surface area contributed by atoms with Crippen molar-refractivity contribution in [3.05, 3.63) is 51.5 Å². The van der Waals surface area contributed by atoms with Crippen LogP contribution in [-0.4, -0.2) is 46.9 Å². The molecule has 0 saturated carbocycles. The zero-order chi connectivity index (χ0) is 15.5. The third-order valence-corrected chi connectivity index (χ3v) is 4.90. The third-order valence-electron chi connectivity index (χ3n) is 4.01. The van der Waals surface area contributed by atoms with Crippen molar-refractivity contribution in [2.45, 2.75) is 20.4 Å². The number of aryl methyl sites for hydroxylation is 2. The molecule has 0 unspecified atom stereocenters. The molecule has 1 amide bonds. The van der Waals surface area contributed by atoms with Crippen molar-refractivity contribution in [1.29, 1.82) is 0 Å². The number of thiazole rings is 1. The van der Waals surface area contributed by atoms with E-state index in [1.807, 2.05) is 24.8 Å². The highest BCUT2D eigenvalue weighted by atomic mass is 32.1. The summed E-state index contributed by atoms with van der Waals surface area (Å²) < 4.78 is 0. The molecule has 2 heterocycles. The molecular weight excluding hydrogens is 294 g/mol. The molecule has 1 aliphatic heterocycles. The van der Waals surface area contributed by atoms with Crippen molar-refractivity contribution >= 4 is 17.2 Å². The Balaban J connectivity index is 1.57. The molecule has 116 valence electrons. The van der Waals surface area contributed by atoms with Crippen molar-refractivity contribution < 1.29 is 4.79 Å². The van der Waals surface area contributed by atoms with E-state index in [9.17, 15) is 4.79 Å². The number of benzene rings is 1. The smallest absolute Gasteiger partial charge is 0.273 e. The van der Waals surface area contributed by atoms with E-state index in [4.69, 9.17) is 0 Å². The van der Waals surface area contributed by atoms with Gasteiger partial charge in [0, 0.05) is 37.6 Å². The number of piperazine rings is 1. The van der Waals surface area contributed by atoms with Gasteiger partial charge >= 0.3 is 0 Å². The van der Waals surface area contributed by atoms with Crippen molar-refractivity contribution in [2.24, 2.45) is 0 Å². The van der Waals surface area contributed by atoms with Gasteiger partial charge in [-0.15, -0.1) is 11.3 Å². The second-order valence-electron chi connectivity index (χ2n) is 5.69. The topological polar surface area (TPSA) is 36.4 Å². The molecule has 4 nitrogen and oxygen atoms in total. The zero-order valence-electron chi connectivity index (χ0n) is 13.1. The average Bonchev–Trinajstić information content (AvgIpc) is 2.87. The fourth-order valence-corrected chi connectivity index (χ4v) is 3.64. The highest BCUT2D eigenvalue weighted by Crippen LogP contribution is 2.19. The van der Waals surface area contributed by atoms with Gasteiger partial charge in [-0.25, -0.2) is 4.98 Å². The van der Waals surface area contributed by atoms with Gasteiger partial charge in [-0.3, -0.25) is 9.69 Å². The van der Waals surface area contributed by atoms with Crippen LogP contribution in [0.25, 0.3) is 0 Å². The molecule has 1 aromatic carbocycles. The van der Waals surface area contributed by atoms with Crippen molar-refractivity contribution in [1.82, 2.24) is 14.8 Å². The zero-order valence-corrected chi connectivity index (χ0v) is 13.9. The van der Waals surface area contributed by atoms with Crippen LogP contribution in [0.1, 0.15) is 25.9 Å². The summed E-state index contributed by atoms with van der Waals surface area (Å²) in [4.78, 5) is 22.3. The standard InChI is InChI=1S/C17H21N3OS/c1-13-16(18-14(2)22-13)17(21)20-10-8-19(9-11-20)12-15-6-4-3-5-7-15/h3-7H,8-12H2,1-2H3. The molecule has 0 aliphatic carbocycles. The van der Waals surface area contributed by atoms with E-state index in [0.29, 0.717) is 5.69 Å². The van der Waals surface area contributed by atoms with Gasteiger partial charge < -0.3 is 4.90 Å². The molecule has 1 aliphatic rings. The molecule has 1 aromatic heterocycles.